The summed E-state index contributed by atoms with van der Waals surface area (Å²) >= 11 is 6.00. The first-order valence-electron chi connectivity index (χ1n) is 7.03. The average molecular weight is 326 g/mol. The number of alkyl halides is 2. The maximum atomic E-state index is 12.4. The van der Waals surface area contributed by atoms with Crippen molar-refractivity contribution >= 4 is 28.5 Å². The van der Waals surface area contributed by atoms with Gasteiger partial charge in [-0.25, -0.2) is 18.7 Å². The maximum Gasteiger partial charge on any atom is 0.255 e. The first kappa shape index (κ1) is 15.0. The third-order valence-electron chi connectivity index (χ3n) is 3.93. The molecule has 1 saturated carbocycles. The third kappa shape index (κ3) is 2.83. The highest BCUT2D eigenvalue weighted by molar-refractivity contribution is 6.30. The van der Waals surface area contributed by atoms with Gasteiger partial charge < -0.3 is 9.88 Å². The second-order valence-electron chi connectivity index (χ2n) is 5.38. The minimum Gasteiger partial charge on any atom is -0.377 e. The first-order valence-corrected chi connectivity index (χ1v) is 7.41. The van der Waals surface area contributed by atoms with Crippen molar-refractivity contribution in [3.8, 4) is 6.07 Å². The maximum absolute atomic E-state index is 12.4. The normalized spacial score (nSPS) is 21.4. The van der Waals surface area contributed by atoms with E-state index in [0.717, 1.165) is 19.3 Å². The van der Waals surface area contributed by atoms with E-state index in [-0.39, 0.29) is 17.1 Å². The topological polar surface area (TPSA) is 66.5 Å². The zero-order valence-corrected chi connectivity index (χ0v) is 12.4. The van der Waals surface area contributed by atoms with Gasteiger partial charge in [0.05, 0.1) is 24.6 Å². The molecule has 0 radical (unpaired) electrons. The summed E-state index contributed by atoms with van der Waals surface area (Å²) in [6, 6.07) is 3.92. The molecule has 2 unspecified atom stereocenters. The minimum absolute atomic E-state index is 0.0399. The van der Waals surface area contributed by atoms with Crippen molar-refractivity contribution in [3.63, 3.8) is 0 Å². The van der Waals surface area contributed by atoms with E-state index in [1.807, 2.05) is 4.57 Å². The molecule has 22 heavy (non-hydrogen) atoms. The molecular weight excluding hydrogens is 312 g/mol. The van der Waals surface area contributed by atoms with Gasteiger partial charge in [0.25, 0.3) is 6.43 Å². The highest BCUT2D eigenvalue weighted by Crippen LogP contribution is 2.36. The standard InChI is InChI=1S/C14H14ClF2N5/c15-11-4-10(19-6-12(16)17)13-14(21-11)22(7-20-13)9-2-1-8(3-9)5-18/h4,7-9,12H,1-3,6H2,(H,19,21). The summed E-state index contributed by atoms with van der Waals surface area (Å²) in [7, 11) is 0. The number of nitriles is 1. The van der Waals surface area contributed by atoms with Crippen LogP contribution in [0.5, 0.6) is 0 Å². The number of anilines is 1. The number of nitrogens with one attached hydrogen (secondary N) is 1. The van der Waals surface area contributed by atoms with Gasteiger partial charge in [-0.3, -0.25) is 0 Å². The Labute approximate surface area is 130 Å². The van der Waals surface area contributed by atoms with Gasteiger partial charge in [-0.05, 0) is 19.3 Å². The zero-order chi connectivity index (χ0) is 15.7. The van der Waals surface area contributed by atoms with Crippen molar-refractivity contribution in [3.05, 3.63) is 17.5 Å². The molecule has 2 aromatic rings. The Kier molecular flexibility index (Phi) is 4.12. The fraction of sp³-hybridized carbons (Fsp3) is 0.500. The Bertz CT molecular complexity index is 724. The van der Waals surface area contributed by atoms with Crippen molar-refractivity contribution < 1.29 is 8.78 Å². The van der Waals surface area contributed by atoms with E-state index in [9.17, 15) is 8.78 Å². The molecule has 1 aliphatic rings. The molecule has 0 aliphatic heterocycles. The lowest BCUT2D eigenvalue weighted by atomic mass is 10.1. The Morgan fingerprint density at radius 3 is 3.00 bits per heavy atom. The van der Waals surface area contributed by atoms with Gasteiger partial charge in [0.1, 0.15) is 10.7 Å². The van der Waals surface area contributed by atoms with Crippen LogP contribution in [-0.4, -0.2) is 27.5 Å². The molecule has 2 atom stereocenters. The van der Waals surface area contributed by atoms with E-state index in [0.29, 0.717) is 16.9 Å². The quantitative estimate of drug-likeness (QED) is 0.872. The Morgan fingerprint density at radius 2 is 2.32 bits per heavy atom. The summed E-state index contributed by atoms with van der Waals surface area (Å²) in [5, 5.41) is 11.9. The van der Waals surface area contributed by atoms with E-state index < -0.39 is 13.0 Å². The summed E-state index contributed by atoms with van der Waals surface area (Å²) in [4.78, 5) is 8.56. The van der Waals surface area contributed by atoms with Crippen LogP contribution in [0, 0.1) is 17.2 Å². The van der Waals surface area contributed by atoms with Crippen LogP contribution in [-0.2, 0) is 0 Å². The molecule has 0 spiro atoms. The fourth-order valence-electron chi connectivity index (χ4n) is 2.89. The third-order valence-corrected chi connectivity index (χ3v) is 4.12. The second-order valence-corrected chi connectivity index (χ2v) is 5.77. The molecule has 0 aromatic carbocycles. The van der Waals surface area contributed by atoms with Crippen molar-refractivity contribution in [2.24, 2.45) is 5.92 Å². The summed E-state index contributed by atoms with van der Waals surface area (Å²) in [5.74, 6) is 0.0399. The van der Waals surface area contributed by atoms with Crippen molar-refractivity contribution in [1.29, 1.82) is 5.26 Å². The van der Waals surface area contributed by atoms with Gasteiger partial charge in [0, 0.05) is 18.0 Å². The lowest BCUT2D eigenvalue weighted by Crippen LogP contribution is -2.11. The molecule has 1 N–H and O–H groups in total. The molecule has 1 aliphatic carbocycles. The number of imidazole rings is 1. The van der Waals surface area contributed by atoms with E-state index in [1.54, 1.807) is 6.33 Å². The van der Waals surface area contributed by atoms with Crippen LogP contribution in [0.3, 0.4) is 0 Å². The summed E-state index contributed by atoms with van der Waals surface area (Å²) in [6.07, 6.45) is 1.65. The van der Waals surface area contributed by atoms with E-state index >= 15 is 0 Å². The number of fused-ring (bicyclic) bond motifs is 1. The first-order chi connectivity index (χ1) is 10.6. The summed E-state index contributed by atoms with van der Waals surface area (Å²) in [5.41, 5.74) is 1.53. The Balaban J connectivity index is 1.95. The highest BCUT2D eigenvalue weighted by Gasteiger charge is 2.27. The number of pyridine rings is 1. The zero-order valence-electron chi connectivity index (χ0n) is 11.6. The van der Waals surface area contributed by atoms with Crippen LogP contribution in [0.4, 0.5) is 14.5 Å². The molecule has 2 aromatic heterocycles. The molecular formula is C14H14ClF2N5. The number of aromatic nitrogens is 3. The molecule has 8 heteroatoms. The number of halogens is 3. The largest absolute Gasteiger partial charge is 0.377 e. The smallest absolute Gasteiger partial charge is 0.255 e. The van der Waals surface area contributed by atoms with Gasteiger partial charge in [-0.15, -0.1) is 0 Å². The van der Waals surface area contributed by atoms with E-state index in [2.05, 4.69) is 21.4 Å². The van der Waals surface area contributed by atoms with Gasteiger partial charge >= 0.3 is 0 Å². The SMILES string of the molecule is N#CC1CCC(n2cnc3c(NCC(F)F)cc(Cl)nc32)C1. The average Bonchev–Trinajstić information content (AvgIpc) is 3.10. The Hall–Kier alpha value is -1.94. The molecule has 0 saturated heterocycles. The van der Waals surface area contributed by atoms with Crippen LogP contribution in [0.1, 0.15) is 25.3 Å². The summed E-state index contributed by atoms with van der Waals surface area (Å²) < 4.78 is 26.7. The monoisotopic (exact) mass is 325 g/mol. The molecule has 2 heterocycles. The lowest BCUT2D eigenvalue weighted by Gasteiger charge is -2.12. The van der Waals surface area contributed by atoms with Crippen molar-refractivity contribution in [2.45, 2.75) is 31.7 Å². The predicted octanol–water partition coefficient (Wildman–Crippen LogP) is 3.63. The van der Waals surface area contributed by atoms with Crippen molar-refractivity contribution in [1.82, 2.24) is 14.5 Å². The molecule has 116 valence electrons. The van der Waals surface area contributed by atoms with E-state index in [4.69, 9.17) is 16.9 Å². The van der Waals surface area contributed by atoms with Crippen molar-refractivity contribution in [2.75, 3.05) is 11.9 Å². The number of nitrogens with zero attached hydrogens (tertiary/aromatic N) is 4. The van der Waals surface area contributed by atoms with Gasteiger partial charge in [-0.2, -0.15) is 5.26 Å². The van der Waals surface area contributed by atoms with Crippen LogP contribution < -0.4 is 5.32 Å². The molecule has 0 amide bonds. The second kappa shape index (κ2) is 6.05. The predicted molar refractivity (Wildman–Crippen MR) is 79.0 cm³/mol. The van der Waals surface area contributed by atoms with E-state index in [1.165, 1.54) is 6.07 Å². The molecule has 0 bridgehead atoms. The minimum atomic E-state index is -2.46. The van der Waals surface area contributed by atoms with Crippen LogP contribution in [0.15, 0.2) is 12.4 Å². The van der Waals surface area contributed by atoms with Crippen LogP contribution >= 0.6 is 11.6 Å². The Morgan fingerprint density at radius 1 is 1.50 bits per heavy atom. The number of rotatable bonds is 4. The van der Waals surface area contributed by atoms with Crippen LogP contribution in [0.25, 0.3) is 11.2 Å². The van der Waals surface area contributed by atoms with Crippen LogP contribution in [0.2, 0.25) is 5.15 Å². The highest BCUT2D eigenvalue weighted by atomic mass is 35.5. The van der Waals surface area contributed by atoms with Gasteiger partial charge in [-0.1, -0.05) is 11.6 Å². The fourth-order valence-corrected chi connectivity index (χ4v) is 3.08. The number of hydrogen-bond acceptors (Lipinski definition) is 4. The van der Waals surface area contributed by atoms with Gasteiger partial charge in [0.2, 0.25) is 0 Å². The molecule has 1 fully saturated rings. The summed E-state index contributed by atoms with van der Waals surface area (Å²) in [6.45, 7) is -0.470. The molecule has 3 rings (SSSR count). The number of hydrogen-bond donors (Lipinski definition) is 1. The lowest BCUT2D eigenvalue weighted by molar-refractivity contribution is 0.163. The molecule has 5 nitrogen and oxygen atoms in total. The van der Waals surface area contributed by atoms with Gasteiger partial charge in [0.15, 0.2) is 5.65 Å².